The maximum atomic E-state index is 12.1. The summed E-state index contributed by atoms with van der Waals surface area (Å²) in [4.78, 5) is 22.8. The van der Waals surface area contributed by atoms with E-state index in [2.05, 4.69) is 9.97 Å². The lowest BCUT2D eigenvalue weighted by Crippen LogP contribution is -2.35. The van der Waals surface area contributed by atoms with Crippen LogP contribution in [0.5, 0.6) is 0 Å². The molecule has 0 aliphatic carbocycles. The van der Waals surface area contributed by atoms with Gasteiger partial charge in [0.05, 0.1) is 17.1 Å². The fourth-order valence-electron chi connectivity index (χ4n) is 2.55. The third kappa shape index (κ3) is 4.41. The molecule has 2 heterocycles. The molecule has 1 aromatic rings. The van der Waals surface area contributed by atoms with E-state index in [1.165, 1.54) is 0 Å². The largest absolute Gasteiger partial charge is 0.444 e. The number of ether oxygens (including phenoxy) is 1. The SMILES string of the molecule is Cc1cnc(C)c(CC2CCN(C(=O)OC(C)(C)C)C2)n1. The number of rotatable bonds is 2. The second-order valence-electron chi connectivity index (χ2n) is 6.83. The Morgan fingerprint density at radius 1 is 1.43 bits per heavy atom. The molecule has 1 aromatic heterocycles. The minimum atomic E-state index is -0.437. The first-order valence-corrected chi connectivity index (χ1v) is 7.51. The Morgan fingerprint density at radius 2 is 2.14 bits per heavy atom. The van der Waals surface area contributed by atoms with Crippen molar-refractivity contribution in [3.63, 3.8) is 0 Å². The van der Waals surface area contributed by atoms with E-state index in [0.29, 0.717) is 5.92 Å². The van der Waals surface area contributed by atoms with Gasteiger partial charge >= 0.3 is 6.09 Å². The molecule has 5 nitrogen and oxygen atoms in total. The molecule has 1 fully saturated rings. The van der Waals surface area contributed by atoms with Crippen LogP contribution in [0.3, 0.4) is 0 Å². The minimum Gasteiger partial charge on any atom is -0.444 e. The van der Waals surface area contributed by atoms with Crippen LogP contribution in [0.1, 0.15) is 44.3 Å². The predicted molar refractivity (Wildman–Crippen MR) is 81.1 cm³/mol. The zero-order valence-electron chi connectivity index (χ0n) is 13.6. The van der Waals surface area contributed by atoms with E-state index < -0.39 is 5.60 Å². The average molecular weight is 291 g/mol. The van der Waals surface area contributed by atoms with E-state index in [0.717, 1.165) is 43.0 Å². The smallest absolute Gasteiger partial charge is 0.410 e. The maximum absolute atomic E-state index is 12.1. The van der Waals surface area contributed by atoms with Crippen molar-refractivity contribution in [2.75, 3.05) is 13.1 Å². The summed E-state index contributed by atoms with van der Waals surface area (Å²) in [6.07, 6.45) is 3.45. The van der Waals surface area contributed by atoms with Crippen molar-refractivity contribution in [3.8, 4) is 0 Å². The summed E-state index contributed by atoms with van der Waals surface area (Å²) in [5.74, 6) is 0.437. The number of hydrogen-bond donors (Lipinski definition) is 0. The first-order valence-electron chi connectivity index (χ1n) is 7.51. The molecule has 21 heavy (non-hydrogen) atoms. The molecule has 0 bridgehead atoms. The van der Waals surface area contributed by atoms with Crippen molar-refractivity contribution in [3.05, 3.63) is 23.3 Å². The normalized spacial score (nSPS) is 18.9. The maximum Gasteiger partial charge on any atom is 0.410 e. The second kappa shape index (κ2) is 6.00. The van der Waals surface area contributed by atoms with Crippen LogP contribution >= 0.6 is 0 Å². The van der Waals surface area contributed by atoms with Crippen molar-refractivity contribution in [2.24, 2.45) is 5.92 Å². The van der Waals surface area contributed by atoms with Gasteiger partial charge in [0.25, 0.3) is 0 Å². The van der Waals surface area contributed by atoms with E-state index in [4.69, 9.17) is 4.74 Å². The monoisotopic (exact) mass is 291 g/mol. The molecule has 1 atom stereocenters. The number of aryl methyl sites for hydroxylation is 2. The van der Waals surface area contributed by atoms with Crippen LogP contribution < -0.4 is 0 Å². The Balaban J connectivity index is 1.93. The number of amides is 1. The molecule has 0 N–H and O–H groups in total. The average Bonchev–Trinajstić information content (AvgIpc) is 2.80. The molecular formula is C16H25N3O2. The van der Waals surface area contributed by atoms with Crippen LogP contribution in [0.15, 0.2) is 6.20 Å². The number of carbonyl (C=O) groups excluding carboxylic acids is 1. The third-order valence-electron chi connectivity index (χ3n) is 3.59. The number of hydrogen-bond acceptors (Lipinski definition) is 4. The summed E-state index contributed by atoms with van der Waals surface area (Å²) in [6.45, 7) is 11.1. The molecule has 116 valence electrons. The Kier molecular flexibility index (Phi) is 4.49. The van der Waals surface area contributed by atoms with Crippen molar-refractivity contribution in [1.82, 2.24) is 14.9 Å². The summed E-state index contributed by atoms with van der Waals surface area (Å²) in [5, 5.41) is 0. The van der Waals surface area contributed by atoms with Crippen molar-refractivity contribution in [2.45, 2.75) is 53.1 Å². The highest BCUT2D eigenvalue weighted by atomic mass is 16.6. The number of nitrogens with zero attached hydrogens (tertiary/aromatic N) is 3. The molecule has 1 aliphatic rings. The van der Waals surface area contributed by atoms with E-state index in [1.54, 1.807) is 11.1 Å². The van der Waals surface area contributed by atoms with Gasteiger partial charge in [-0.15, -0.1) is 0 Å². The second-order valence-corrected chi connectivity index (χ2v) is 6.83. The predicted octanol–water partition coefficient (Wildman–Crippen LogP) is 2.89. The summed E-state index contributed by atoms with van der Waals surface area (Å²) >= 11 is 0. The van der Waals surface area contributed by atoms with E-state index in [1.807, 2.05) is 34.6 Å². The van der Waals surface area contributed by atoms with Gasteiger partial charge < -0.3 is 9.64 Å². The fourth-order valence-corrected chi connectivity index (χ4v) is 2.55. The molecule has 1 amide bonds. The van der Waals surface area contributed by atoms with Crippen LogP contribution in [-0.4, -0.2) is 39.7 Å². The minimum absolute atomic E-state index is 0.211. The van der Waals surface area contributed by atoms with E-state index in [9.17, 15) is 4.79 Å². The van der Waals surface area contributed by atoms with Gasteiger partial charge in [-0.2, -0.15) is 0 Å². The topological polar surface area (TPSA) is 55.3 Å². The molecule has 0 aromatic carbocycles. The lowest BCUT2D eigenvalue weighted by atomic mass is 10.0. The molecule has 2 rings (SSSR count). The highest BCUT2D eigenvalue weighted by molar-refractivity contribution is 5.68. The number of likely N-dealkylation sites (tertiary alicyclic amines) is 1. The van der Waals surface area contributed by atoms with Crippen molar-refractivity contribution >= 4 is 6.09 Å². The molecule has 1 aliphatic heterocycles. The molecule has 0 saturated carbocycles. The lowest BCUT2D eigenvalue weighted by Gasteiger charge is -2.24. The summed E-state index contributed by atoms with van der Waals surface area (Å²) in [7, 11) is 0. The van der Waals surface area contributed by atoms with Crippen LogP contribution in [0.25, 0.3) is 0 Å². The van der Waals surface area contributed by atoms with E-state index in [-0.39, 0.29) is 6.09 Å². The summed E-state index contributed by atoms with van der Waals surface area (Å²) in [6, 6.07) is 0. The fraction of sp³-hybridized carbons (Fsp3) is 0.688. The molecule has 0 radical (unpaired) electrons. The molecular weight excluding hydrogens is 266 g/mol. The van der Waals surface area contributed by atoms with Gasteiger partial charge in [-0.1, -0.05) is 0 Å². The van der Waals surface area contributed by atoms with Gasteiger partial charge in [0.2, 0.25) is 0 Å². The Hall–Kier alpha value is -1.65. The van der Waals surface area contributed by atoms with Crippen LogP contribution in [0.2, 0.25) is 0 Å². The molecule has 5 heteroatoms. The van der Waals surface area contributed by atoms with Crippen LogP contribution in [-0.2, 0) is 11.2 Å². The Labute approximate surface area is 126 Å². The van der Waals surface area contributed by atoms with Gasteiger partial charge in [-0.05, 0) is 53.4 Å². The van der Waals surface area contributed by atoms with Crippen molar-refractivity contribution < 1.29 is 9.53 Å². The Bertz CT molecular complexity index is 523. The number of carbonyl (C=O) groups is 1. The van der Waals surface area contributed by atoms with Gasteiger partial charge in [0, 0.05) is 19.3 Å². The van der Waals surface area contributed by atoms with Crippen LogP contribution in [0.4, 0.5) is 4.79 Å². The first-order chi connectivity index (χ1) is 9.74. The van der Waals surface area contributed by atoms with E-state index >= 15 is 0 Å². The zero-order chi connectivity index (χ0) is 15.6. The van der Waals surface area contributed by atoms with Gasteiger partial charge in [-0.25, -0.2) is 4.79 Å². The van der Waals surface area contributed by atoms with Gasteiger partial charge in [-0.3, -0.25) is 9.97 Å². The highest BCUT2D eigenvalue weighted by Gasteiger charge is 2.30. The quantitative estimate of drug-likeness (QED) is 0.840. The lowest BCUT2D eigenvalue weighted by molar-refractivity contribution is 0.0288. The molecule has 1 unspecified atom stereocenters. The summed E-state index contributed by atoms with van der Waals surface area (Å²) < 4.78 is 5.42. The number of aromatic nitrogens is 2. The van der Waals surface area contributed by atoms with Crippen molar-refractivity contribution in [1.29, 1.82) is 0 Å². The Morgan fingerprint density at radius 3 is 2.81 bits per heavy atom. The van der Waals surface area contributed by atoms with Gasteiger partial charge in [0.15, 0.2) is 0 Å². The van der Waals surface area contributed by atoms with Gasteiger partial charge in [0.1, 0.15) is 5.60 Å². The third-order valence-corrected chi connectivity index (χ3v) is 3.59. The highest BCUT2D eigenvalue weighted by Crippen LogP contribution is 2.23. The zero-order valence-corrected chi connectivity index (χ0v) is 13.6. The standard InChI is InChI=1S/C16H25N3O2/c1-11-9-17-12(2)14(18-11)8-13-6-7-19(10-13)15(20)21-16(3,4)5/h9,13H,6-8,10H2,1-5H3. The molecule has 0 spiro atoms. The summed E-state index contributed by atoms with van der Waals surface area (Å²) in [5.41, 5.74) is 2.54. The first kappa shape index (κ1) is 15.7. The van der Waals surface area contributed by atoms with Crippen LogP contribution in [0, 0.1) is 19.8 Å². The molecule has 1 saturated heterocycles.